The third-order valence-corrected chi connectivity index (χ3v) is 3.55. The van der Waals surface area contributed by atoms with E-state index in [0.29, 0.717) is 6.42 Å². The van der Waals surface area contributed by atoms with Gasteiger partial charge in [0, 0.05) is 6.42 Å². The molecule has 0 saturated carbocycles. The van der Waals surface area contributed by atoms with Crippen LogP contribution in [0.15, 0.2) is 30.3 Å². The Bertz CT molecular complexity index is 458. The monoisotopic (exact) mass is 261 g/mol. The summed E-state index contributed by atoms with van der Waals surface area (Å²) in [6, 6.07) is 9.24. The van der Waals surface area contributed by atoms with Crippen molar-refractivity contribution >= 4 is 12.0 Å². The van der Waals surface area contributed by atoms with E-state index in [1.54, 1.807) is 0 Å². The standard InChI is InChI=1S/C15H19NO3/c1-3-11(2)9-14(17)16-13(10-19-15(16)18)12-7-5-4-6-8-12/h4-8,11,13H,3,9-10H2,1-2H3/t11-,13+/m0/s1. The summed E-state index contributed by atoms with van der Waals surface area (Å²) in [4.78, 5) is 25.3. The maximum absolute atomic E-state index is 12.2. The minimum atomic E-state index is -0.526. The number of rotatable bonds is 4. The number of ether oxygens (including phenoxy) is 1. The minimum Gasteiger partial charge on any atom is -0.446 e. The molecule has 2 amide bonds. The van der Waals surface area contributed by atoms with Gasteiger partial charge in [0.1, 0.15) is 12.6 Å². The highest BCUT2D eigenvalue weighted by atomic mass is 16.6. The Balaban J connectivity index is 2.16. The van der Waals surface area contributed by atoms with Gasteiger partial charge in [-0.1, -0.05) is 50.6 Å². The summed E-state index contributed by atoms with van der Waals surface area (Å²) in [5.41, 5.74) is 0.936. The van der Waals surface area contributed by atoms with Crippen LogP contribution in [0.4, 0.5) is 4.79 Å². The van der Waals surface area contributed by atoms with Crippen molar-refractivity contribution in [2.75, 3.05) is 6.61 Å². The maximum Gasteiger partial charge on any atom is 0.417 e. The predicted octanol–water partition coefficient (Wildman–Crippen LogP) is 3.14. The van der Waals surface area contributed by atoms with Crippen LogP contribution in [0.3, 0.4) is 0 Å². The molecule has 0 aromatic heterocycles. The van der Waals surface area contributed by atoms with E-state index in [-0.39, 0.29) is 24.5 Å². The van der Waals surface area contributed by atoms with Crippen LogP contribution in [0, 0.1) is 5.92 Å². The fraction of sp³-hybridized carbons (Fsp3) is 0.467. The predicted molar refractivity (Wildman–Crippen MR) is 71.4 cm³/mol. The van der Waals surface area contributed by atoms with Crippen molar-refractivity contribution in [1.29, 1.82) is 0 Å². The van der Waals surface area contributed by atoms with Crippen LogP contribution in [0.5, 0.6) is 0 Å². The summed E-state index contributed by atoms with van der Waals surface area (Å²) in [6.45, 7) is 4.29. The van der Waals surface area contributed by atoms with Gasteiger partial charge in [-0.3, -0.25) is 4.79 Å². The van der Waals surface area contributed by atoms with E-state index in [4.69, 9.17) is 4.74 Å². The number of nitrogens with zero attached hydrogens (tertiary/aromatic N) is 1. The van der Waals surface area contributed by atoms with Gasteiger partial charge in [0.05, 0.1) is 0 Å². The van der Waals surface area contributed by atoms with Crippen LogP contribution in [-0.2, 0) is 9.53 Å². The van der Waals surface area contributed by atoms with Gasteiger partial charge in [0.25, 0.3) is 0 Å². The Morgan fingerprint density at radius 2 is 2.11 bits per heavy atom. The van der Waals surface area contributed by atoms with Crippen LogP contribution < -0.4 is 0 Å². The van der Waals surface area contributed by atoms with E-state index < -0.39 is 6.09 Å². The molecule has 1 saturated heterocycles. The quantitative estimate of drug-likeness (QED) is 0.836. The first-order valence-corrected chi connectivity index (χ1v) is 6.67. The van der Waals surface area contributed by atoms with Gasteiger partial charge in [-0.2, -0.15) is 0 Å². The Kier molecular flexibility index (Phi) is 4.20. The SMILES string of the molecule is CC[C@H](C)CC(=O)N1C(=O)OC[C@@H]1c1ccccc1. The van der Waals surface area contributed by atoms with Crippen molar-refractivity contribution in [3.8, 4) is 0 Å². The Hall–Kier alpha value is -1.84. The number of carbonyl (C=O) groups is 2. The number of imide groups is 1. The second-order valence-electron chi connectivity index (χ2n) is 4.98. The molecule has 0 bridgehead atoms. The lowest BCUT2D eigenvalue weighted by Crippen LogP contribution is -2.35. The van der Waals surface area contributed by atoms with Crippen LogP contribution in [-0.4, -0.2) is 23.5 Å². The van der Waals surface area contributed by atoms with Gasteiger partial charge in [-0.15, -0.1) is 0 Å². The lowest BCUT2D eigenvalue weighted by atomic mass is 10.0. The zero-order chi connectivity index (χ0) is 13.8. The summed E-state index contributed by atoms with van der Waals surface area (Å²) in [5, 5.41) is 0. The number of cyclic esters (lactones) is 1. The first-order valence-electron chi connectivity index (χ1n) is 6.67. The molecule has 0 unspecified atom stereocenters. The van der Waals surface area contributed by atoms with Crippen molar-refractivity contribution in [1.82, 2.24) is 4.90 Å². The third kappa shape index (κ3) is 2.95. The third-order valence-electron chi connectivity index (χ3n) is 3.55. The Labute approximate surface area is 113 Å². The molecule has 0 spiro atoms. The fourth-order valence-corrected chi connectivity index (χ4v) is 2.16. The molecular formula is C15H19NO3. The number of carbonyl (C=O) groups excluding carboxylic acids is 2. The summed E-state index contributed by atoms with van der Waals surface area (Å²) >= 11 is 0. The minimum absolute atomic E-state index is 0.147. The molecule has 4 heteroatoms. The van der Waals surface area contributed by atoms with Gasteiger partial charge in [0.2, 0.25) is 5.91 Å². The second-order valence-corrected chi connectivity index (χ2v) is 4.98. The molecule has 1 aliphatic rings. The molecule has 0 aliphatic carbocycles. The molecule has 102 valence electrons. The van der Waals surface area contributed by atoms with Crippen molar-refractivity contribution in [2.45, 2.75) is 32.7 Å². The highest BCUT2D eigenvalue weighted by Gasteiger charge is 2.38. The molecule has 1 fully saturated rings. The number of hydrogen-bond acceptors (Lipinski definition) is 3. The molecule has 1 heterocycles. The van der Waals surface area contributed by atoms with E-state index in [2.05, 4.69) is 0 Å². The molecule has 4 nitrogen and oxygen atoms in total. The van der Waals surface area contributed by atoms with Gasteiger partial charge in [-0.05, 0) is 11.5 Å². The average molecular weight is 261 g/mol. The number of hydrogen-bond donors (Lipinski definition) is 0. The largest absolute Gasteiger partial charge is 0.446 e. The average Bonchev–Trinajstić information content (AvgIpc) is 2.81. The smallest absolute Gasteiger partial charge is 0.417 e. The highest BCUT2D eigenvalue weighted by molar-refractivity contribution is 5.93. The summed E-state index contributed by atoms with van der Waals surface area (Å²) in [5.74, 6) is 0.128. The molecule has 2 rings (SSSR count). The summed E-state index contributed by atoms with van der Waals surface area (Å²) < 4.78 is 5.04. The molecule has 19 heavy (non-hydrogen) atoms. The summed E-state index contributed by atoms with van der Waals surface area (Å²) in [7, 11) is 0. The van der Waals surface area contributed by atoms with E-state index in [1.807, 2.05) is 44.2 Å². The summed E-state index contributed by atoms with van der Waals surface area (Å²) in [6.07, 6.45) is 0.779. The van der Waals surface area contributed by atoms with E-state index in [9.17, 15) is 9.59 Å². The Morgan fingerprint density at radius 3 is 2.74 bits per heavy atom. The fourth-order valence-electron chi connectivity index (χ4n) is 2.16. The topological polar surface area (TPSA) is 46.6 Å². The molecule has 0 N–H and O–H groups in total. The van der Waals surface area contributed by atoms with Crippen molar-refractivity contribution in [2.24, 2.45) is 5.92 Å². The number of amides is 2. The molecule has 2 atom stereocenters. The first-order chi connectivity index (χ1) is 9.13. The van der Waals surface area contributed by atoms with Crippen molar-refractivity contribution < 1.29 is 14.3 Å². The van der Waals surface area contributed by atoms with Crippen LogP contribution >= 0.6 is 0 Å². The van der Waals surface area contributed by atoms with Gasteiger partial charge in [0.15, 0.2) is 0 Å². The van der Waals surface area contributed by atoms with Crippen molar-refractivity contribution in [3.05, 3.63) is 35.9 Å². The van der Waals surface area contributed by atoms with Crippen molar-refractivity contribution in [3.63, 3.8) is 0 Å². The maximum atomic E-state index is 12.2. The van der Waals surface area contributed by atoms with Gasteiger partial charge >= 0.3 is 6.09 Å². The highest BCUT2D eigenvalue weighted by Crippen LogP contribution is 2.29. The lowest BCUT2D eigenvalue weighted by Gasteiger charge is -2.21. The number of benzene rings is 1. The molecule has 0 radical (unpaired) electrons. The normalized spacial score (nSPS) is 20.2. The van der Waals surface area contributed by atoms with E-state index in [1.165, 1.54) is 4.90 Å². The molecule has 1 aromatic carbocycles. The van der Waals surface area contributed by atoms with E-state index >= 15 is 0 Å². The van der Waals surface area contributed by atoms with Crippen LogP contribution in [0.25, 0.3) is 0 Å². The Morgan fingerprint density at radius 1 is 1.42 bits per heavy atom. The lowest BCUT2D eigenvalue weighted by molar-refractivity contribution is -0.130. The zero-order valence-electron chi connectivity index (χ0n) is 11.3. The zero-order valence-corrected chi connectivity index (χ0v) is 11.3. The van der Waals surface area contributed by atoms with Gasteiger partial charge in [-0.25, -0.2) is 9.69 Å². The molecular weight excluding hydrogens is 242 g/mol. The molecule has 1 aliphatic heterocycles. The van der Waals surface area contributed by atoms with Crippen LogP contribution in [0.2, 0.25) is 0 Å². The van der Waals surface area contributed by atoms with Crippen LogP contribution in [0.1, 0.15) is 38.3 Å². The molecule has 1 aromatic rings. The first kappa shape index (κ1) is 13.6. The second kappa shape index (κ2) is 5.87. The van der Waals surface area contributed by atoms with E-state index in [0.717, 1.165) is 12.0 Å². The van der Waals surface area contributed by atoms with Gasteiger partial charge < -0.3 is 4.74 Å².